The van der Waals surface area contributed by atoms with Gasteiger partial charge in [-0.15, -0.1) is 0 Å². The van der Waals surface area contributed by atoms with Crippen LogP contribution >= 0.6 is 0 Å². The highest BCUT2D eigenvalue weighted by Crippen LogP contribution is 2.13. The summed E-state index contributed by atoms with van der Waals surface area (Å²) in [5, 5.41) is 5.58. The van der Waals surface area contributed by atoms with Gasteiger partial charge in [0.05, 0.1) is 11.3 Å². The minimum Gasteiger partial charge on any atom is -0.325 e. The Morgan fingerprint density at radius 2 is 1.79 bits per heavy atom. The average Bonchev–Trinajstić information content (AvgIpc) is 2.28. The third-order valence-electron chi connectivity index (χ3n) is 2.90. The summed E-state index contributed by atoms with van der Waals surface area (Å²) in [5.41, 5.74) is 0.719. The monoisotopic (exact) mass is 284 g/mol. The number of rotatable bonds is 6. The molecule has 0 spiro atoms. The topological polar surface area (TPSA) is 75.3 Å². The van der Waals surface area contributed by atoms with Gasteiger partial charge < -0.3 is 10.6 Å². The highest BCUT2D eigenvalue weighted by atomic mass is 32.2. The van der Waals surface area contributed by atoms with Gasteiger partial charge in [-0.3, -0.25) is 4.79 Å². The Morgan fingerprint density at radius 1 is 1.21 bits per heavy atom. The van der Waals surface area contributed by atoms with Crippen LogP contribution in [0.3, 0.4) is 0 Å². The summed E-state index contributed by atoms with van der Waals surface area (Å²) in [7, 11) is -3.15. The number of hydrogen-bond acceptors (Lipinski definition) is 4. The zero-order chi connectivity index (χ0) is 14.5. The van der Waals surface area contributed by atoms with E-state index in [1.807, 2.05) is 18.2 Å². The van der Waals surface area contributed by atoms with Crippen LogP contribution in [0.25, 0.3) is 0 Å². The molecule has 0 bridgehead atoms. The van der Waals surface area contributed by atoms with Gasteiger partial charge in [-0.2, -0.15) is 0 Å². The number of hydrogen-bond donors (Lipinski definition) is 2. The Morgan fingerprint density at radius 3 is 2.32 bits per heavy atom. The first-order valence-corrected chi connectivity index (χ1v) is 7.87. The molecule has 1 amide bonds. The quantitative estimate of drug-likeness (QED) is 0.818. The number of benzene rings is 1. The second-order valence-corrected chi connectivity index (χ2v) is 7.70. The summed E-state index contributed by atoms with van der Waals surface area (Å²) < 4.78 is 22.1. The number of anilines is 1. The standard InChI is InChI=1S/C13H20N2O3S/c1-13(2,19(3,17)18)10-14-9-12(16)15-11-7-5-4-6-8-11/h4-8,14H,9-10H2,1-3H3,(H,15,16). The Labute approximate surface area is 114 Å². The Balaban J connectivity index is 2.40. The lowest BCUT2D eigenvalue weighted by molar-refractivity contribution is -0.115. The normalized spacial score (nSPS) is 12.2. The van der Waals surface area contributed by atoms with Gasteiger partial charge in [-0.05, 0) is 26.0 Å². The smallest absolute Gasteiger partial charge is 0.238 e. The van der Waals surface area contributed by atoms with E-state index in [1.54, 1.807) is 26.0 Å². The zero-order valence-electron chi connectivity index (χ0n) is 11.4. The van der Waals surface area contributed by atoms with Crippen molar-refractivity contribution in [2.45, 2.75) is 18.6 Å². The van der Waals surface area contributed by atoms with Crippen LogP contribution < -0.4 is 10.6 Å². The Kier molecular flexibility index (Phi) is 5.08. The van der Waals surface area contributed by atoms with Crippen molar-refractivity contribution in [3.63, 3.8) is 0 Å². The molecule has 0 fully saturated rings. The van der Waals surface area contributed by atoms with Crippen LogP contribution in [0, 0.1) is 0 Å². The van der Waals surface area contributed by atoms with Gasteiger partial charge in [0.1, 0.15) is 0 Å². The van der Waals surface area contributed by atoms with Gasteiger partial charge in [0.25, 0.3) is 0 Å². The number of carbonyl (C=O) groups is 1. The SMILES string of the molecule is CC(C)(CNCC(=O)Nc1ccccc1)S(C)(=O)=O. The lowest BCUT2D eigenvalue weighted by Gasteiger charge is -2.22. The van der Waals surface area contributed by atoms with E-state index in [9.17, 15) is 13.2 Å². The summed E-state index contributed by atoms with van der Waals surface area (Å²) in [6, 6.07) is 9.10. The number of nitrogens with one attached hydrogen (secondary N) is 2. The van der Waals surface area contributed by atoms with Crippen molar-refractivity contribution in [3.8, 4) is 0 Å². The lowest BCUT2D eigenvalue weighted by Crippen LogP contribution is -2.43. The molecule has 0 saturated carbocycles. The van der Waals surface area contributed by atoms with E-state index < -0.39 is 14.6 Å². The van der Waals surface area contributed by atoms with Crippen LogP contribution in [-0.2, 0) is 14.6 Å². The van der Waals surface area contributed by atoms with Gasteiger partial charge in [0.2, 0.25) is 5.91 Å². The first-order chi connectivity index (χ1) is 8.72. The van der Waals surface area contributed by atoms with Gasteiger partial charge in [-0.25, -0.2) is 8.42 Å². The Bertz CT molecular complexity index is 524. The Hall–Kier alpha value is -1.40. The van der Waals surface area contributed by atoms with E-state index in [2.05, 4.69) is 10.6 Å². The highest BCUT2D eigenvalue weighted by molar-refractivity contribution is 7.92. The molecule has 1 rings (SSSR count). The molecular formula is C13H20N2O3S. The maximum absolute atomic E-state index is 11.6. The van der Waals surface area contributed by atoms with Crippen LogP contribution in [0.2, 0.25) is 0 Å². The molecule has 0 saturated heterocycles. The summed E-state index contributed by atoms with van der Waals surface area (Å²) in [5.74, 6) is -0.199. The van der Waals surface area contributed by atoms with Crippen LogP contribution in [0.4, 0.5) is 5.69 Å². The minimum absolute atomic E-state index is 0.0772. The first-order valence-electron chi connectivity index (χ1n) is 5.97. The summed E-state index contributed by atoms with van der Waals surface area (Å²) in [6.45, 7) is 3.57. The third-order valence-corrected chi connectivity index (χ3v) is 5.05. The average molecular weight is 284 g/mol. The third kappa shape index (κ3) is 5.00. The zero-order valence-corrected chi connectivity index (χ0v) is 12.3. The van der Waals surface area contributed by atoms with E-state index in [-0.39, 0.29) is 19.0 Å². The minimum atomic E-state index is -3.15. The van der Waals surface area contributed by atoms with E-state index in [0.717, 1.165) is 5.69 Å². The van der Waals surface area contributed by atoms with Gasteiger partial charge >= 0.3 is 0 Å². The van der Waals surface area contributed by atoms with Crippen molar-refractivity contribution in [2.75, 3.05) is 24.7 Å². The first kappa shape index (κ1) is 15.7. The number of carbonyl (C=O) groups excluding carboxylic acids is 1. The second-order valence-electron chi connectivity index (χ2n) is 5.05. The second kappa shape index (κ2) is 6.16. The van der Waals surface area contributed by atoms with Crippen molar-refractivity contribution >= 4 is 21.4 Å². The van der Waals surface area contributed by atoms with Gasteiger partial charge in [-0.1, -0.05) is 18.2 Å². The fourth-order valence-corrected chi connectivity index (χ4v) is 1.70. The van der Waals surface area contributed by atoms with Crippen molar-refractivity contribution in [3.05, 3.63) is 30.3 Å². The maximum Gasteiger partial charge on any atom is 0.238 e. The van der Waals surface area contributed by atoms with Crippen LogP contribution in [-0.4, -0.2) is 38.4 Å². The summed E-state index contributed by atoms with van der Waals surface area (Å²) in [6.07, 6.45) is 1.19. The molecule has 0 atom stereocenters. The molecule has 19 heavy (non-hydrogen) atoms. The molecule has 1 aromatic carbocycles. The molecule has 0 aliphatic rings. The molecule has 1 aromatic rings. The van der Waals surface area contributed by atoms with Gasteiger partial charge in [0.15, 0.2) is 9.84 Å². The van der Waals surface area contributed by atoms with Gasteiger partial charge in [0, 0.05) is 18.5 Å². The lowest BCUT2D eigenvalue weighted by atomic mass is 10.2. The molecule has 0 radical (unpaired) electrons. The molecule has 0 aliphatic carbocycles. The molecule has 0 heterocycles. The van der Waals surface area contributed by atoms with Crippen molar-refractivity contribution < 1.29 is 13.2 Å². The molecule has 6 heteroatoms. The van der Waals surface area contributed by atoms with E-state index in [1.165, 1.54) is 6.26 Å². The predicted molar refractivity (Wildman–Crippen MR) is 76.9 cm³/mol. The molecule has 0 aromatic heterocycles. The molecule has 106 valence electrons. The largest absolute Gasteiger partial charge is 0.325 e. The molecule has 2 N–H and O–H groups in total. The number of para-hydroxylation sites is 1. The molecule has 0 aliphatic heterocycles. The van der Waals surface area contributed by atoms with Crippen LogP contribution in [0.15, 0.2) is 30.3 Å². The fraction of sp³-hybridized carbons (Fsp3) is 0.462. The molecule has 0 unspecified atom stereocenters. The summed E-state index contributed by atoms with van der Waals surface area (Å²) >= 11 is 0. The van der Waals surface area contributed by atoms with Crippen molar-refractivity contribution in [1.82, 2.24) is 5.32 Å². The van der Waals surface area contributed by atoms with E-state index in [4.69, 9.17) is 0 Å². The van der Waals surface area contributed by atoms with Crippen molar-refractivity contribution in [2.24, 2.45) is 0 Å². The number of sulfone groups is 1. The molecular weight excluding hydrogens is 264 g/mol. The van der Waals surface area contributed by atoms with Crippen LogP contribution in [0.1, 0.15) is 13.8 Å². The fourth-order valence-electron chi connectivity index (χ4n) is 1.33. The number of amides is 1. The molecule has 5 nitrogen and oxygen atoms in total. The van der Waals surface area contributed by atoms with Crippen LogP contribution in [0.5, 0.6) is 0 Å². The summed E-state index contributed by atoms with van der Waals surface area (Å²) in [4.78, 5) is 11.6. The van der Waals surface area contributed by atoms with E-state index >= 15 is 0 Å². The maximum atomic E-state index is 11.6. The highest BCUT2D eigenvalue weighted by Gasteiger charge is 2.29. The van der Waals surface area contributed by atoms with Crippen molar-refractivity contribution in [1.29, 1.82) is 0 Å². The van der Waals surface area contributed by atoms with E-state index in [0.29, 0.717) is 0 Å². The predicted octanol–water partition coefficient (Wildman–Crippen LogP) is 1.04.